The van der Waals surface area contributed by atoms with E-state index < -0.39 is 10.0 Å². The van der Waals surface area contributed by atoms with Crippen molar-refractivity contribution in [2.75, 3.05) is 33.5 Å². The van der Waals surface area contributed by atoms with Gasteiger partial charge in [-0.25, -0.2) is 8.42 Å². The van der Waals surface area contributed by atoms with E-state index in [1.54, 1.807) is 7.05 Å². The summed E-state index contributed by atoms with van der Waals surface area (Å²) in [6, 6.07) is 3.73. The van der Waals surface area contributed by atoms with E-state index in [2.05, 4.69) is 4.90 Å². The summed E-state index contributed by atoms with van der Waals surface area (Å²) in [4.78, 5) is 2.17. The van der Waals surface area contributed by atoms with Gasteiger partial charge in [-0.15, -0.1) is 0 Å². The first-order valence-corrected chi connectivity index (χ1v) is 8.98. The van der Waals surface area contributed by atoms with Gasteiger partial charge in [0.15, 0.2) is 0 Å². The van der Waals surface area contributed by atoms with Crippen molar-refractivity contribution in [2.45, 2.75) is 32.0 Å². The van der Waals surface area contributed by atoms with Crippen LogP contribution < -0.4 is 0 Å². The van der Waals surface area contributed by atoms with E-state index in [4.69, 9.17) is 9.15 Å². The zero-order chi connectivity index (χ0) is 15.5. The van der Waals surface area contributed by atoms with Gasteiger partial charge in [0.05, 0.1) is 25.4 Å². The number of rotatable bonds is 7. The molecule has 0 bridgehead atoms. The fourth-order valence-corrected chi connectivity index (χ4v) is 2.76. The van der Waals surface area contributed by atoms with Crippen LogP contribution in [0.4, 0.5) is 0 Å². The van der Waals surface area contributed by atoms with Gasteiger partial charge in [0.25, 0.3) is 0 Å². The van der Waals surface area contributed by atoms with Crippen molar-refractivity contribution in [1.29, 1.82) is 0 Å². The summed E-state index contributed by atoms with van der Waals surface area (Å²) >= 11 is 0. The quantitative estimate of drug-likeness (QED) is 0.758. The second-order valence-electron chi connectivity index (χ2n) is 5.72. The van der Waals surface area contributed by atoms with Crippen molar-refractivity contribution in [2.24, 2.45) is 0 Å². The van der Waals surface area contributed by atoms with Gasteiger partial charge in [-0.2, -0.15) is 4.31 Å². The minimum absolute atomic E-state index is 0.258. The van der Waals surface area contributed by atoms with Crippen molar-refractivity contribution in [1.82, 2.24) is 9.21 Å². The number of nitrogens with zero attached hydrogens (tertiary/aromatic N) is 2. The van der Waals surface area contributed by atoms with Crippen LogP contribution >= 0.6 is 0 Å². The molecule has 1 aromatic rings. The molecule has 6 nitrogen and oxygen atoms in total. The third kappa shape index (κ3) is 5.10. The average Bonchev–Trinajstić information content (AvgIpc) is 3.00. The van der Waals surface area contributed by atoms with E-state index in [0.29, 0.717) is 18.4 Å². The molecule has 7 heteroatoms. The standard InChI is InChI=1S/C14H24N2O4S/c1-15(9-12-5-4-8-19-12)10-13-6-7-14(20-13)11-16(2)21(3,17)18/h6-7,12H,4-5,8-11H2,1-3H3. The SMILES string of the molecule is CN(Cc1ccc(CN(C)S(C)(=O)=O)o1)CC1CCCO1. The van der Waals surface area contributed by atoms with Crippen LogP contribution in [-0.2, 0) is 27.8 Å². The fourth-order valence-electron chi connectivity index (χ4n) is 2.40. The molecular formula is C14H24N2O4S. The van der Waals surface area contributed by atoms with Crippen molar-refractivity contribution in [3.63, 3.8) is 0 Å². The summed E-state index contributed by atoms with van der Waals surface area (Å²) in [5.41, 5.74) is 0. The number of hydrogen-bond donors (Lipinski definition) is 0. The Hall–Kier alpha value is -0.890. The molecule has 2 heterocycles. The number of furan rings is 1. The molecule has 0 amide bonds. The molecule has 0 saturated carbocycles. The van der Waals surface area contributed by atoms with Crippen molar-refractivity contribution in [3.05, 3.63) is 23.7 Å². The summed E-state index contributed by atoms with van der Waals surface area (Å²) in [7, 11) is 0.393. The average molecular weight is 316 g/mol. The maximum Gasteiger partial charge on any atom is 0.211 e. The van der Waals surface area contributed by atoms with Gasteiger partial charge in [-0.3, -0.25) is 4.90 Å². The zero-order valence-corrected chi connectivity index (χ0v) is 13.7. The second-order valence-corrected chi connectivity index (χ2v) is 7.81. The van der Waals surface area contributed by atoms with Crippen LogP contribution in [0.1, 0.15) is 24.4 Å². The van der Waals surface area contributed by atoms with Crippen molar-refractivity contribution in [3.8, 4) is 0 Å². The normalized spacial score (nSPS) is 19.8. The van der Waals surface area contributed by atoms with Crippen LogP contribution in [0, 0.1) is 0 Å². The van der Waals surface area contributed by atoms with E-state index >= 15 is 0 Å². The van der Waals surface area contributed by atoms with Crippen molar-refractivity contribution < 1.29 is 17.6 Å². The van der Waals surface area contributed by atoms with E-state index in [9.17, 15) is 8.42 Å². The molecule has 0 aliphatic carbocycles. The Labute approximate surface area is 126 Å². The highest BCUT2D eigenvalue weighted by atomic mass is 32.2. The molecule has 120 valence electrons. The van der Waals surface area contributed by atoms with Crippen LogP contribution in [0.3, 0.4) is 0 Å². The van der Waals surface area contributed by atoms with Crippen molar-refractivity contribution >= 4 is 10.0 Å². The lowest BCUT2D eigenvalue weighted by Crippen LogP contribution is -2.28. The van der Waals surface area contributed by atoms with Gasteiger partial charge >= 0.3 is 0 Å². The Morgan fingerprint density at radius 2 is 1.90 bits per heavy atom. The van der Waals surface area contributed by atoms with Gasteiger partial charge in [-0.1, -0.05) is 0 Å². The molecular weight excluding hydrogens is 292 g/mol. The molecule has 1 unspecified atom stereocenters. The van der Waals surface area contributed by atoms with E-state index in [0.717, 1.165) is 31.8 Å². The first-order chi connectivity index (χ1) is 9.84. The molecule has 0 aromatic carbocycles. The summed E-state index contributed by atoms with van der Waals surface area (Å²) < 4.78 is 35.3. The lowest BCUT2D eigenvalue weighted by atomic mass is 10.2. The third-order valence-corrected chi connectivity index (χ3v) is 4.89. The zero-order valence-electron chi connectivity index (χ0n) is 12.9. The smallest absolute Gasteiger partial charge is 0.211 e. The number of ether oxygens (including phenoxy) is 1. The summed E-state index contributed by atoms with van der Waals surface area (Å²) in [6.07, 6.45) is 3.76. The van der Waals surface area contributed by atoms with Gasteiger partial charge in [-0.05, 0) is 32.0 Å². The molecule has 1 atom stereocenters. The van der Waals surface area contributed by atoms with Crippen LogP contribution in [0.25, 0.3) is 0 Å². The summed E-state index contributed by atoms with van der Waals surface area (Å²) in [5.74, 6) is 1.50. The van der Waals surface area contributed by atoms with E-state index in [1.165, 1.54) is 10.6 Å². The Kier molecular flexibility index (Phi) is 5.43. The minimum Gasteiger partial charge on any atom is -0.463 e. The second kappa shape index (κ2) is 6.91. The lowest BCUT2D eigenvalue weighted by Gasteiger charge is -2.19. The molecule has 21 heavy (non-hydrogen) atoms. The first-order valence-electron chi connectivity index (χ1n) is 7.13. The van der Waals surface area contributed by atoms with E-state index in [1.807, 2.05) is 19.2 Å². The highest BCUT2D eigenvalue weighted by molar-refractivity contribution is 7.88. The number of hydrogen-bond acceptors (Lipinski definition) is 5. The fraction of sp³-hybridized carbons (Fsp3) is 0.714. The minimum atomic E-state index is -3.18. The molecule has 1 fully saturated rings. The Bertz CT molecular complexity index is 549. The van der Waals surface area contributed by atoms with Gasteiger partial charge < -0.3 is 9.15 Å². The monoisotopic (exact) mass is 316 g/mol. The number of likely N-dealkylation sites (N-methyl/N-ethyl adjacent to an activating group) is 1. The van der Waals surface area contributed by atoms with E-state index in [-0.39, 0.29) is 6.54 Å². The first kappa shape index (κ1) is 16.5. The van der Waals surface area contributed by atoms with Gasteiger partial charge in [0, 0.05) is 20.2 Å². The Balaban J connectivity index is 1.84. The van der Waals surface area contributed by atoms with Gasteiger partial charge in [0.2, 0.25) is 10.0 Å². The molecule has 1 aromatic heterocycles. The Morgan fingerprint density at radius 1 is 1.24 bits per heavy atom. The summed E-state index contributed by atoms with van der Waals surface area (Å²) in [6.45, 7) is 2.71. The predicted octanol–water partition coefficient (Wildman–Crippen LogP) is 1.28. The number of sulfonamides is 1. The topological polar surface area (TPSA) is 63.0 Å². The summed E-state index contributed by atoms with van der Waals surface area (Å²) in [5, 5.41) is 0. The molecule has 1 aliphatic rings. The molecule has 0 N–H and O–H groups in total. The van der Waals surface area contributed by atoms with Crippen LogP contribution in [0.15, 0.2) is 16.5 Å². The molecule has 2 rings (SSSR count). The predicted molar refractivity (Wildman–Crippen MR) is 80.3 cm³/mol. The molecule has 1 aliphatic heterocycles. The van der Waals surface area contributed by atoms with Crippen LogP contribution in [0.2, 0.25) is 0 Å². The largest absolute Gasteiger partial charge is 0.463 e. The lowest BCUT2D eigenvalue weighted by molar-refractivity contribution is 0.0773. The highest BCUT2D eigenvalue weighted by Crippen LogP contribution is 2.16. The maximum atomic E-state index is 11.4. The highest BCUT2D eigenvalue weighted by Gasteiger charge is 2.18. The van der Waals surface area contributed by atoms with Crippen LogP contribution in [0.5, 0.6) is 0 Å². The third-order valence-electron chi connectivity index (χ3n) is 3.63. The van der Waals surface area contributed by atoms with Gasteiger partial charge in [0.1, 0.15) is 11.5 Å². The van der Waals surface area contributed by atoms with Crippen LogP contribution in [-0.4, -0.2) is 57.2 Å². The Morgan fingerprint density at radius 3 is 2.48 bits per heavy atom. The molecule has 0 spiro atoms. The molecule has 1 saturated heterocycles. The molecule has 0 radical (unpaired) electrons. The maximum absolute atomic E-state index is 11.4.